The number of nitrogens with one attached hydrogen (secondary N) is 2. The van der Waals surface area contributed by atoms with E-state index in [0.717, 1.165) is 5.56 Å². The minimum Gasteiger partial charge on any atom is -0.373 e. The lowest BCUT2D eigenvalue weighted by Crippen LogP contribution is -2.06. The van der Waals surface area contributed by atoms with E-state index >= 15 is 0 Å². The summed E-state index contributed by atoms with van der Waals surface area (Å²) in [6.07, 6.45) is 0. The summed E-state index contributed by atoms with van der Waals surface area (Å²) in [5, 5.41) is 6.00. The van der Waals surface area contributed by atoms with Crippen molar-refractivity contribution in [3.8, 4) is 0 Å². The van der Waals surface area contributed by atoms with E-state index in [0.29, 0.717) is 17.5 Å². The lowest BCUT2D eigenvalue weighted by atomic mass is 10.2. The van der Waals surface area contributed by atoms with Gasteiger partial charge in [0.2, 0.25) is 0 Å². The van der Waals surface area contributed by atoms with Crippen LogP contribution in [0.15, 0.2) is 18.2 Å². The van der Waals surface area contributed by atoms with Crippen molar-refractivity contribution in [1.82, 2.24) is 9.97 Å². The number of hydrogen-bond donors (Lipinski definition) is 2. The van der Waals surface area contributed by atoms with Gasteiger partial charge in [0.15, 0.2) is 5.82 Å². The lowest BCUT2D eigenvalue weighted by Gasteiger charge is -2.13. The van der Waals surface area contributed by atoms with E-state index in [1.165, 1.54) is 6.07 Å². The molecule has 1 aromatic carbocycles. The number of anilines is 3. The Kier molecular flexibility index (Phi) is 3.85. The summed E-state index contributed by atoms with van der Waals surface area (Å²) in [4.78, 5) is 8.53. The second-order valence-corrected chi connectivity index (χ2v) is 4.48. The second kappa shape index (κ2) is 5.40. The minimum absolute atomic E-state index is 0.0715. The maximum Gasteiger partial charge on any atom is 0.165 e. The molecule has 2 aromatic rings. The molecule has 1 heterocycles. The van der Waals surface area contributed by atoms with Crippen molar-refractivity contribution in [2.45, 2.75) is 13.8 Å². The van der Waals surface area contributed by atoms with Crippen LogP contribution in [-0.4, -0.2) is 17.0 Å². The van der Waals surface area contributed by atoms with Crippen LogP contribution in [0.1, 0.15) is 11.4 Å². The topological polar surface area (TPSA) is 49.8 Å². The Bertz CT molecular complexity index is 616. The molecule has 0 bridgehead atoms. The van der Waals surface area contributed by atoms with Crippen molar-refractivity contribution in [2.24, 2.45) is 0 Å². The van der Waals surface area contributed by atoms with E-state index < -0.39 is 5.82 Å². The van der Waals surface area contributed by atoms with Crippen LogP contribution in [0.4, 0.5) is 21.7 Å². The van der Waals surface area contributed by atoms with Crippen molar-refractivity contribution in [3.63, 3.8) is 0 Å². The average Bonchev–Trinajstić information content (AvgIpc) is 2.38. The number of nitrogens with zero attached hydrogens (tertiary/aromatic N) is 2. The van der Waals surface area contributed by atoms with Crippen LogP contribution < -0.4 is 10.6 Å². The number of aromatic nitrogens is 2. The maximum absolute atomic E-state index is 13.8. The van der Waals surface area contributed by atoms with Gasteiger partial charge in [0.25, 0.3) is 0 Å². The third kappa shape index (κ3) is 2.76. The van der Waals surface area contributed by atoms with E-state index in [-0.39, 0.29) is 10.7 Å². The molecule has 6 heteroatoms. The largest absolute Gasteiger partial charge is 0.373 e. The molecular formula is C13H14ClFN4. The molecule has 0 amide bonds. The van der Waals surface area contributed by atoms with Crippen LogP contribution in [0, 0.1) is 19.7 Å². The molecule has 2 rings (SSSR count). The highest BCUT2D eigenvalue weighted by molar-refractivity contribution is 6.31. The molecule has 0 saturated heterocycles. The third-order valence-electron chi connectivity index (χ3n) is 2.70. The van der Waals surface area contributed by atoms with E-state index in [1.54, 1.807) is 26.1 Å². The summed E-state index contributed by atoms with van der Waals surface area (Å²) in [7, 11) is 1.78. The summed E-state index contributed by atoms with van der Waals surface area (Å²) in [5.41, 5.74) is 1.10. The Morgan fingerprint density at radius 3 is 2.53 bits per heavy atom. The molecule has 0 atom stereocenters. The number of benzene rings is 1. The molecule has 0 spiro atoms. The molecule has 0 unspecified atom stereocenters. The Balaban J connectivity index is 2.43. The number of aryl methyl sites for hydroxylation is 1. The average molecular weight is 281 g/mol. The molecule has 100 valence electrons. The van der Waals surface area contributed by atoms with E-state index in [4.69, 9.17) is 11.6 Å². The highest BCUT2D eigenvalue weighted by atomic mass is 35.5. The standard InChI is InChI=1S/C13H14ClFN4/c1-7-12(16-3)17-8(2)18-13(7)19-10-6-4-5-9(14)11(10)15/h4-6H,1-3H3,(H2,16,17,18,19). The Labute approximate surface area is 116 Å². The van der Waals surface area contributed by atoms with Gasteiger partial charge in [0.05, 0.1) is 10.7 Å². The highest BCUT2D eigenvalue weighted by Gasteiger charge is 2.11. The molecule has 2 N–H and O–H groups in total. The SMILES string of the molecule is CNc1nc(C)nc(Nc2cccc(Cl)c2F)c1C. The van der Waals surface area contributed by atoms with Crippen LogP contribution in [-0.2, 0) is 0 Å². The molecular weight excluding hydrogens is 267 g/mol. The molecule has 0 radical (unpaired) electrons. The van der Waals surface area contributed by atoms with Gasteiger partial charge in [0, 0.05) is 12.6 Å². The van der Waals surface area contributed by atoms with Crippen molar-refractivity contribution in [2.75, 3.05) is 17.7 Å². The first-order valence-corrected chi connectivity index (χ1v) is 6.14. The van der Waals surface area contributed by atoms with E-state index in [2.05, 4.69) is 20.6 Å². The fourth-order valence-electron chi connectivity index (χ4n) is 1.72. The van der Waals surface area contributed by atoms with Crippen molar-refractivity contribution < 1.29 is 4.39 Å². The van der Waals surface area contributed by atoms with Gasteiger partial charge < -0.3 is 10.6 Å². The molecule has 4 nitrogen and oxygen atoms in total. The second-order valence-electron chi connectivity index (χ2n) is 4.07. The van der Waals surface area contributed by atoms with Gasteiger partial charge in [-0.3, -0.25) is 0 Å². The Morgan fingerprint density at radius 2 is 1.84 bits per heavy atom. The maximum atomic E-state index is 13.8. The first kappa shape index (κ1) is 13.5. The number of hydrogen-bond acceptors (Lipinski definition) is 4. The lowest BCUT2D eigenvalue weighted by molar-refractivity contribution is 0.632. The normalized spacial score (nSPS) is 10.4. The predicted octanol–water partition coefficient (Wildman–Crippen LogP) is 3.67. The smallest absolute Gasteiger partial charge is 0.165 e. The zero-order valence-corrected chi connectivity index (χ0v) is 11.6. The zero-order chi connectivity index (χ0) is 14.0. The number of halogens is 2. The Hall–Kier alpha value is -1.88. The van der Waals surface area contributed by atoms with Crippen LogP contribution in [0.25, 0.3) is 0 Å². The molecule has 0 fully saturated rings. The monoisotopic (exact) mass is 280 g/mol. The van der Waals surface area contributed by atoms with E-state index in [1.807, 2.05) is 6.92 Å². The summed E-state index contributed by atoms with van der Waals surface area (Å²) < 4.78 is 13.8. The zero-order valence-electron chi connectivity index (χ0n) is 10.9. The van der Waals surface area contributed by atoms with Gasteiger partial charge in [-0.15, -0.1) is 0 Å². The summed E-state index contributed by atoms with van der Waals surface area (Å²) in [6.45, 7) is 3.63. The summed E-state index contributed by atoms with van der Waals surface area (Å²) in [6, 6.07) is 4.78. The van der Waals surface area contributed by atoms with Crippen LogP contribution in [0.5, 0.6) is 0 Å². The van der Waals surface area contributed by atoms with E-state index in [9.17, 15) is 4.39 Å². The minimum atomic E-state index is -0.495. The molecule has 0 aliphatic rings. The summed E-state index contributed by atoms with van der Waals surface area (Å²) in [5.74, 6) is 1.36. The van der Waals surface area contributed by atoms with Gasteiger partial charge in [-0.2, -0.15) is 0 Å². The molecule has 19 heavy (non-hydrogen) atoms. The molecule has 1 aromatic heterocycles. The van der Waals surface area contributed by atoms with Crippen molar-refractivity contribution in [3.05, 3.63) is 40.4 Å². The fourth-order valence-corrected chi connectivity index (χ4v) is 1.90. The van der Waals surface area contributed by atoms with Gasteiger partial charge in [-0.25, -0.2) is 14.4 Å². The fraction of sp³-hybridized carbons (Fsp3) is 0.231. The molecule has 0 saturated carbocycles. The van der Waals surface area contributed by atoms with Gasteiger partial charge in [0.1, 0.15) is 17.5 Å². The molecule has 0 aliphatic carbocycles. The van der Waals surface area contributed by atoms with Gasteiger partial charge >= 0.3 is 0 Å². The van der Waals surface area contributed by atoms with Crippen molar-refractivity contribution >= 4 is 28.9 Å². The third-order valence-corrected chi connectivity index (χ3v) is 2.99. The highest BCUT2D eigenvalue weighted by Crippen LogP contribution is 2.27. The quantitative estimate of drug-likeness (QED) is 0.901. The molecule has 0 aliphatic heterocycles. The first-order chi connectivity index (χ1) is 9.02. The van der Waals surface area contributed by atoms with Gasteiger partial charge in [-0.1, -0.05) is 17.7 Å². The van der Waals surface area contributed by atoms with Crippen LogP contribution in [0.3, 0.4) is 0 Å². The van der Waals surface area contributed by atoms with Crippen LogP contribution in [0.2, 0.25) is 5.02 Å². The number of rotatable bonds is 3. The van der Waals surface area contributed by atoms with Crippen LogP contribution >= 0.6 is 11.6 Å². The van der Waals surface area contributed by atoms with Gasteiger partial charge in [-0.05, 0) is 26.0 Å². The first-order valence-electron chi connectivity index (χ1n) is 5.77. The Morgan fingerprint density at radius 1 is 1.16 bits per heavy atom. The predicted molar refractivity (Wildman–Crippen MR) is 75.7 cm³/mol. The van der Waals surface area contributed by atoms with Crippen molar-refractivity contribution in [1.29, 1.82) is 0 Å². The summed E-state index contributed by atoms with van der Waals surface area (Å²) >= 11 is 5.75.